The van der Waals surface area contributed by atoms with Crippen LogP contribution in [0, 0.1) is 13.8 Å². The van der Waals surface area contributed by atoms with Gasteiger partial charge in [-0.3, -0.25) is 5.43 Å². The third-order valence-electron chi connectivity index (χ3n) is 4.82. The first-order valence-corrected chi connectivity index (χ1v) is 9.51. The van der Waals surface area contributed by atoms with Crippen LogP contribution in [-0.4, -0.2) is 14.6 Å². The number of hydrogen-bond acceptors (Lipinski definition) is 6. The van der Waals surface area contributed by atoms with Crippen molar-refractivity contribution in [2.45, 2.75) is 33.6 Å². The van der Waals surface area contributed by atoms with E-state index in [9.17, 15) is 4.79 Å². The van der Waals surface area contributed by atoms with Gasteiger partial charge in [0, 0.05) is 17.4 Å². The van der Waals surface area contributed by atoms with Gasteiger partial charge in [-0.25, -0.2) is 9.78 Å². The minimum absolute atomic E-state index is 0.440. The first kappa shape index (κ1) is 18.7. The highest BCUT2D eigenvalue weighted by molar-refractivity contribution is 5.73. The maximum atomic E-state index is 12.2. The average Bonchev–Trinajstić information content (AvgIpc) is 2.99. The SMILES string of the molecule is Cc1cc(Nc2ncc(C)c(Nn3c(=O)oc4ccccc43)n2)ccc1C(C)C. The van der Waals surface area contributed by atoms with E-state index in [2.05, 4.69) is 53.6 Å². The number of nitrogens with one attached hydrogen (secondary N) is 2. The molecule has 0 spiro atoms. The van der Waals surface area contributed by atoms with Crippen LogP contribution >= 0.6 is 0 Å². The molecule has 0 radical (unpaired) electrons. The van der Waals surface area contributed by atoms with Crippen LogP contribution in [0.3, 0.4) is 0 Å². The van der Waals surface area contributed by atoms with Crippen LogP contribution in [0.1, 0.15) is 36.5 Å². The average molecular weight is 389 g/mol. The van der Waals surface area contributed by atoms with Gasteiger partial charge in [-0.1, -0.05) is 32.0 Å². The van der Waals surface area contributed by atoms with Crippen molar-refractivity contribution < 1.29 is 4.42 Å². The molecule has 0 saturated carbocycles. The van der Waals surface area contributed by atoms with Crippen LogP contribution in [0.5, 0.6) is 0 Å². The number of rotatable bonds is 5. The lowest BCUT2D eigenvalue weighted by molar-refractivity contribution is 0.532. The van der Waals surface area contributed by atoms with Gasteiger partial charge in [0.05, 0.1) is 0 Å². The molecule has 0 atom stereocenters. The molecule has 0 amide bonds. The van der Waals surface area contributed by atoms with E-state index >= 15 is 0 Å². The molecule has 2 aromatic heterocycles. The molecule has 0 bridgehead atoms. The van der Waals surface area contributed by atoms with Crippen molar-refractivity contribution in [1.29, 1.82) is 0 Å². The van der Waals surface area contributed by atoms with Gasteiger partial charge in [-0.05, 0) is 55.2 Å². The summed E-state index contributed by atoms with van der Waals surface area (Å²) in [6.07, 6.45) is 1.71. The van der Waals surface area contributed by atoms with Gasteiger partial charge in [-0.15, -0.1) is 0 Å². The Morgan fingerprint density at radius 3 is 2.62 bits per heavy atom. The fourth-order valence-corrected chi connectivity index (χ4v) is 3.32. The Morgan fingerprint density at radius 2 is 1.86 bits per heavy atom. The highest BCUT2D eigenvalue weighted by Crippen LogP contribution is 2.24. The second-order valence-corrected chi connectivity index (χ2v) is 7.36. The Morgan fingerprint density at radius 1 is 1.07 bits per heavy atom. The van der Waals surface area contributed by atoms with E-state index in [1.807, 2.05) is 31.2 Å². The Balaban J connectivity index is 1.64. The summed E-state index contributed by atoms with van der Waals surface area (Å²) in [5, 5.41) is 3.24. The molecule has 0 aliphatic heterocycles. The van der Waals surface area contributed by atoms with Gasteiger partial charge >= 0.3 is 5.76 Å². The molecule has 0 aliphatic carbocycles. The predicted molar refractivity (Wildman–Crippen MR) is 115 cm³/mol. The minimum Gasteiger partial charge on any atom is -0.406 e. The van der Waals surface area contributed by atoms with Crippen molar-refractivity contribution in [3.8, 4) is 0 Å². The summed E-state index contributed by atoms with van der Waals surface area (Å²) in [4.78, 5) is 21.1. The van der Waals surface area contributed by atoms with Gasteiger partial charge in [0.1, 0.15) is 5.52 Å². The minimum atomic E-state index is -0.501. The van der Waals surface area contributed by atoms with E-state index in [4.69, 9.17) is 4.42 Å². The lowest BCUT2D eigenvalue weighted by Gasteiger charge is -2.13. The van der Waals surface area contributed by atoms with Gasteiger partial charge < -0.3 is 9.73 Å². The van der Waals surface area contributed by atoms with Crippen molar-refractivity contribution in [3.63, 3.8) is 0 Å². The van der Waals surface area contributed by atoms with Crippen LogP contribution < -0.4 is 16.5 Å². The van der Waals surface area contributed by atoms with Crippen molar-refractivity contribution in [3.05, 3.63) is 75.9 Å². The van der Waals surface area contributed by atoms with E-state index in [-0.39, 0.29) is 0 Å². The molecule has 0 saturated heterocycles. The maximum Gasteiger partial charge on any atom is 0.439 e. The van der Waals surface area contributed by atoms with Crippen LogP contribution in [0.2, 0.25) is 0 Å². The smallest absolute Gasteiger partial charge is 0.406 e. The Bertz CT molecular complexity index is 1240. The molecule has 4 rings (SSSR count). The molecular weight excluding hydrogens is 366 g/mol. The van der Waals surface area contributed by atoms with Gasteiger partial charge in [0.15, 0.2) is 11.4 Å². The number of aryl methyl sites for hydroxylation is 2. The molecule has 0 fully saturated rings. The van der Waals surface area contributed by atoms with Gasteiger partial charge in [0.2, 0.25) is 5.95 Å². The third-order valence-corrected chi connectivity index (χ3v) is 4.82. The lowest BCUT2D eigenvalue weighted by Crippen LogP contribution is -2.23. The summed E-state index contributed by atoms with van der Waals surface area (Å²) < 4.78 is 6.61. The lowest BCUT2D eigenvalue weighted by atomic mass is 9.98. The largest absolute Gasteiger partial charge is 0.439 e. The van der Waals surface area contributed by atoms with Crippen LogP contribution in [0.4, 0.5) is 17.5 Å². The fourth-order valence-electron chi connectivity index (χ4n) is 3.32. The number of fused-ring (bicyclic) bond motifs is 1. The molecule has 2 aromatic carbocycles. The first-order chi connectivity index (χ1) is 13.9. The zero-order valence-corrected chi connectivity index (χ0v) is 16.9. The first-order valence-electron chi connectivity index (χ1n) is 9.51. The highest BCUT2D eigenvalue weighted by Gasteiger charge is 2.12. The number of hydrogen-bond donors (Lipinski definition) is 2. The second kappa shape index (κ2) is 7.43. The summed E-state index contributed by atoms with van der Waals surface area (Å²) in [6, 6.07) is 13.4. The predicted octanol–water partition coefficient (Wildman–Crippen LogP) is 4.74. The molecule has 2 N–H and O–H groups in total. The molecule has 4 aromatic rings. The van der Waals surface area contributed by atoms with Crippen molar-refractivity contribution >= 4 is 28.6 Å². The summed E-state index contributed by atoms with van der Waals surface area (Å²) in [6.45, 7) is 8.33. The zero-order valence-electron chi connectivity index (χ0n) is 16.9. The highest BCUT2D eigenvalue weighted by atomic mass is 16.4. The van der Waals surface area contributed by atoms with Crippen LogP contribution in [0.15, 0.2) is 57.9 Å². The van der Waals surface area contributed by atoms with E-state index in [0.29, 0.717) is 28.8 Å². The zero-order chi connectivity index (χ0) is 20.5. The van der Waals surface area contributed by atoms with E-state index in [0.717, 1.165) is 11.3 Å². The van der Waals surface area contributed by atoms with Gasteiger partial charge in [-0.2, -0.15) is 9.66 Å². The number of para-hydroxylation sites is 2. The van der Waals surface area contributed by atoms with E-state index < -0.39 is 5.76 Å². The third kappa shape index (κ3) is 3.71. The quantitative estimate of drug-likeness (QED) is 0.513. The molecule has 7 nitrogen and oxygen atoms in total. The number of anilines is 3. The monoisotopic (exact) mass is 389 g/mol. The van der Waals surface area contributed by atoms with E-state index in [1.54, 1.807) is 12.3 Å². The molecular formula is C22H23N5O2. The Kier molecular flexibility index (Phi) is 4.80. The van der Waals surface area contributed by atoms with E-state index in [1.165, 1.54) is 15.8 Å². The molecule has 29 heavy (non-hydrogen) atoms. The molecule has 148 valence electrons. The number of nitrogens with zero attached hydrogens (tertiary/aromatic N) is 3. The molecule has 0 aliphatic rings. The summed E-state index contributed by atoms with van der Waals surface area (Å²) >= 11 is 0. The number of aromatic nitrogens is 3. The molecule has 0 unspecified atom stereocenters. The summed E-state index contributed by atoms with van der Waals surface area (Å²) in [5.74, 6) is 0.930. The van der Waals surface area contributed by atoms with Crippen molar-refractivity contribution in [2.75, 3.05) is 10.7 Å². The van der Waals surface area contributed by atoms with Crippen LogP contribution in [-0.2, 0) is 0 Å². The summed E-state index contributed by atoms with van der Waals surface area (Å²) in [7, 11) is 0. The van der Waals surface area contributed by atoms with Crippen LogP contribution in [0.25, 0.3) is 11.1 Å². The van der Waals surface area contributed by atoms with Gasteiger partial charge in [0.25, 0.3) is 0 Å². The van der Waals surface area contributed by atoms with Crippen molar-refractivity contribution in [2.24, 2.45) is 0 Å². The molecule has 2 heterocycles. The topological polar surface area (TPSA) is 85.0 Å². The Hall–Kier alpha value is -3.61. The maximum absolute atomic E-state index is 12.2. The number of oxazole rings is 1. The fraction of sp³-hybridized carbons (Fsp3) is 0.227. The normalized spacial score (nSPS) is 11.2. The standard InChI is InChI=1S/C22H23N5O2/c1-13(2)17-10-9-16(11-14(17)3)24-21-23-12-15(4)20(25-21)26-27-18-7-5-6-8-19(18)29-22(27)28/h5-13H,1-4H3,(H2,23,24,25,26). The second-order valence-electron chi connectivity index (χ2n) is 7.36. The summed E-state index contributed by atoms with van der Waals surface area (Å²) in [5.41, 5.74) is 8.44. The Labute approximate surface area is 168 Å². The number of benzene rings is 2. The van der Waals surface area contributed by atoms with Crippen molar-refractivity contribution in [1.82, 2.24) is 14.6 Å². The molecule has 7 heteroatoms.